The fraction of sp³-hybridized carbons (Fsp3) is 0.417. The van der Waals surface area contributed by atoms with Crippen molar-refractivity contribution in [2.45, 2.75) is 19.8 Å². The first-order valence-corrected chi connectivity index (χ1v) is 6.55. The van der Waals surface area contributed by atoms with E-state index in [2.05, 4.69) is 10.3 Å². The van der Waals surface area contributed by atoms with Crippen molar-refractivity contribution in [3.05, 3.63) is 28.0 Å². The van der Waals surface area contributed by atoms with Crippen LogP contribution in [0.1, 0.15) is 30.1 Å². The highest BCUT2D eigenvalue weighted by molar-refractivity contribution is 6.35. The number of rotatable bonds is 6. The average Bonchev–Trinajstić information content (AvgIpc) is 2.37. The first kappa shape index (κ1) is 15.7. The largest absolute Gasteiger partial charge is 0.466 e. The lowest BCUT2D eigenvalue weighted by Gasteiger charge is -2.06. The maximum Gasteiger partial charge on any atom is 0.305 e. The molecule has 0 aromatic carbocycles. The minimum atomic E-state index is -0.349. The molecule has 0 radical (unpaired) electrons. The number of esters is 1. The average molecular weight is 305 g/mol. The summed E-state index contributed by atoms with van der Waals surface area (Å²) in [5.74, 6) is -0.625. The van der Waals surface area contributed by atoms with Crippen LogP contribution in [0.25, 0.3) is 0 Å². The molecule has 0 bridgehead atoms. The maximum atomic E-state index is 11.8. The Labute approximate surface area is 121 Å². The normalized spacial score (nSPS) is 10.1. The monoisotopic (exact) mass is 304 g/mol. The molecule has 19 heavy (non-hydrogen) atoms. The Hall–Kier alpha value is -1.33. The van der Waals surface area contributed by atoms with Crippen molar-refractivity contribution >= 4 is 35.1 Å². The number of aromatic nitrogens is 1. The van der Waals surface area contributed by atoms with E-state index in [1.807, 2.05) is 0 Å². The summed E-state index contributed by atoms with van der Waals surface area (Å²) in [6.45, 7) is 2.46. The molecule has 0 aliphatic carbocycles. The fourth-order valence-corrected chi connectivity index (χ4v) is 1.70. The van der Waals surface area contributed by atoms with Crippen molar-refractivity contribution in [3.63, 3.8) is 0 Å². The van der Waals surface area contributed by atoms with Crippen molar-refractivity contribution in [3.8, 4) is 0 Å². The molecule has 5 nitrogen and oxygen atoms in total. The Morgan fingerprint density at radius 3 is 2.84 bits per heavy atom. The Balaban J connectivity index is 2.39. The van der Waals surface area contributed by atoms with Gasteiger partial charge in [0.05, 0.1) is 17.2 Å². The van der Waals surface area contributed by atoms with Crippen LogP contribution in [0.5, 0.6) is 0 Å². The molecule has 7 heteroatoms. The van der Waals surface area contributed by atoms with Gasteiger partial charge in [0.15, 0.2) is 0 Å². The van der Waals surface area contributed by atoms with E-state index in [0.717, 1.165) is 0 Å². The number of amides is 1. The van der Waals surface area contributed by atoms with Gasteiger partial charge >= 0.3 is 5.97 Å². The molecule has 0 saturated carbocycles. The van der Waals surface area contributed by atoms with Crippen LogP contribution in [0.3, 0.4) is 0 Å². The molecule has 0 fully saturated rings. The molecule has 1 amide bonds. The molecule has 0 saturated heterocycles. The van der Waals surface area contributed by atoms with Crippen molar-refractivity contribution in [1.82, 2.24) is 10.3 Å². The summed E-state index contributed by atoms with van der Waals surface area (Å²) in [4.78, 5) is 26.6. The summed E-state index contributed by atoms with van der Waals surface area (Å²) >= 11 is 11.5. The summed E-state index contributed by atoms with van der Waals surface area (Å²) in [5.41, 5.74) is 0.262. The number of pyridine rings is 1. The molecule has 1 heterocycles. The first-order chi connectivity index (χ1) is 9.04. The number of hydrogen-bond acceptors (Lipinski definition) is 4. The zero-order chi connectivity index (χ0) is 14.3. The minimum Gasteiger partial charge on any atom is -0.466 e. The van der Waals surface area contributed by atoms with Gasteiger partial charge in [-0.25, -0.2) is 4.98 Å². The number of hydrogen-bond donors (Lipinski definition) is 1. The SMILES string of the molecule is CCOC(=O)CCCNC(=O)c1cc(Cl)ncc1Cl. The van der Waals surface area contributed by atoms with E-state index in [-0.39, 0.29) is 34.0 Å². The van der Waals surface area contributed by atoms with Crippen LogP contribution in [0, 0.1) is 0 Å². The summed E-state index contributed by atoms with van der Waals surface area (Å²) < 4.78 is 4.77. The van der Waals surface area contributed by atoms with Crippen LogP contribution >= 0.6 is 23.2 Å². The summed E-state index contributed by atoms with van der Waals surface area (Å²) in [7, 11) is 0. The van der Waals surface area contributed by atoms with E-state index in [1.54, 1.807) is 6.92 Å². The molecule has 0 atom stereocenters. The highest BCUT2D eigenvalue weighted by atomic mass is 35.5. The lowest BCUT2D eigenvalue weighted by atomic mass is 10.2. The van der Waals surface area contributed by atoms with Crippen molar-refractivity contribution in [2.75, 3.05) is 13.2 Å². The standard InChI is InChI=1S/C12H14Cl2N2O3/c1-2-19-11(17)4-3-5-15-12(18)8-6-10(14)16-7-9(8)13/h6-7H,2-5H2,1H3,(H,15,18). The van der Waals surface area contributed by atoms with Gasteiger partial charge in [-0.05, 0) is 19.4 Å². The third-order valence-corrected chi connectivity index (χ3v) is 2.72. The van der Waals surface area contributed by atoms with Gasteiger partial charge in [-0.1, -0.05) is 23.2 Å². The molecule has 0 unspecified atom stereocenters. The number of nitrogens with zero attached hydrogens (tertiary/aromatic N) is 1. The fourth-order valence-electron chi connectivity index (χ4n) is 1.35. The van der Waals surface area contributed by atoms with E-state index in [4.69, 9.17) is 27.9 Å². The van der Waals surface area contributed by atoms with Gasteiger partial charge in [0.1, 0.15) is 5.15 Å². The van der Waals surface area contributed by atoms with Crippen LogP contribution in [-0.2, 0) is 9.53 Å². The van der Waals surface area contributed by atoms with Gasteiger partial charge in [-0.2, -0.15) is 0 Å². The third kappa shape index (κ3) is 5.44. The zero-order valence-corrected chi connectivity index (χ0v) is 11.9. The van der Waals surface area contributed by atoms with Gasteiger partial charge in [0.2, 0.25) is 0 Å². The molecule has 1 rings (SSSR count). The number of ether oxygens (including phenoxy) is 1. The van der Waals surface area contributed by atoms with Gasteiger partial charge in [0, 0.05) is 19.2 Å². The van der Waals surface area contributed by atoms with Crippen molar-refractivity contribution in [2.24, 2.45) is 0 Å². The van der Waals surface area contributed by atoms with Crippen LogP contribution in [0.2, 0.25) is 10.2 Å². The van der Waals surface area contributed by atoms with E-state index < -0.39 is 0 Å². The first-order valence-electron chi connectivity index (χ1n) is 5.79. The van der Waals surface area contributed by atoms with E-state index in [0.29, 0.717) is 19.6 Å². The van der Waals surface area contributed by atoms with E-state index in [1.165, 1.54) is 12.3 Å². The van der Waals surface area contributed by atoms with E-state index >= 15 is 0 Å². The molecule has 0 aliphatic heterocycles. The second kappa shape index (κ2) is 7.96. The minimum absolute atomic E-state index is 0.195. The third-order valence-electron chi connectivity index (χ3n) is 2.22. The number of nitrogens with one attached hydrogen (secondary N) is 1. The van der Waals surface area contributed by atoms with Gasteiger partial charge in [-0.3, -0.25) is 9.59 Å². The van der Waals surface area contributed by atoms with Crippen LogP contribution < -0.4 is 5.32 Å². The number of carbonyl (C=O) groups is 2. The summed E-state index contributed by atoms with van der Waals surface area (Å²) in [6.07, 6.45) is 2.08. The van der Waals surface area contributed by atoms with Gasteiger partial charge < -0.3 is 10.1 Å². The summed E-state index contributed by atoms with van der Waals surface area (Å²) in [5, 5.41) is 3.07. The van der Waals surface area contributed by atoms with Crippen LogP contribution in [0.15, 0.2) is 12.3 Å². The quantitative estimate of drug-likeness (QED) is 0.498. The molecule has 0 spiro atoms. The Bertz CT molecular complexity index is 466. The number of carbonyl (C=O) groups excluding carboxylic acids is 2. The highest BCUT2D eigenvalue weighted by Crippen LogP contribution is 2.17. The second-order valence-electron chi connectivity index (χ2n) is 3.65. The lowest BCUT2D eigenvalue weighted by molar-refractivity contribution is -0.143. The van der Waals surface area contributed by atoms with Gasteiger partial charge in [0.25, 0.3) is 5.91 Å². The molecule has 1 aromatic heterocycles. The predicted molar refractivity (Wildman–Crippen MR) is 72.5 cm³/mol. The molecule has 1 aromatic rings. The molecule has 1 N–H and O–H groups in total. The summed E-state index contributed by atoms with van der Waals surface area (Å²) in [6, 6.07) is 1.39. The zero-order valence-electron chi connectivity index (χ0n) is 10.4. The topological polar surface area (TPSA) is 68.3 Å². The predicted octanol–water partition coefficient (Wildman–Crippen LogP) is 2.46. The van der Waals surface area contributed by atoms with Crippen LogP contribution in [-0.4, -0.2) is 30.0 Å². The Morgan fingerprint density at radius 1 is 1.42 bits per heavy atom. The smallest absolute Gasteiger partial charge is 0.305 e. The highest BCUT2D eigenvalue weighted by Gasteiger charge is 2.11. The van der Waals surface area contributed by atoms with Crippen molar-refractivity contribution < 1.29 is 14.3 Å². The second-order valence-corrected chi connectivity index (χ2v) is 4.45. The Morgan fingerprint density at radius 2 is 2.16 bits per heavy atom. The molecular formula is C12H14Cl2N2O3. The number of halogens is 2. The van der Waals surface area contributed by atoms with Gasteiger partial charge in [-0.15, -0.1) is 0 Å². The van der Waals surface area contributed by atoms with Crippen LogP contribution in [0.4, 0.5) is 0 Å². The molecular weight excluding hydrogens is 291 g/mol. The van der Waals surface area contributed by atoms with E-state index in [9.17, 15) is 9.59 Å². The lowest BCUT2D eigenvalue weighted by Crippen LogP contribution is -2.25. The molecule has 0 aliphatic rings. The maximum absolute atomic E-state index is 11.8. The Kier molecular flexibility index (Phi) is 6.59. The molecule has 104 valence electrons. The van der Waals surface area contributed by atoms with Crippen molar-refractivity contribution in [1.29, 1.82) is 0 Å².